The third kappa shape index (κ3) is 4.31. The van der Waals surface area contributed by atoms with Gasteiger partial charge in [-0.1, -0.05) is 24.3 Å². The highest BCUT2D eigenvalue weighted by atomic mass is 16.5. The van der Waals surface area contributed by atoms with E-state index in [1.54, 1.807) is 26.5 Å². The van der Waals surface area contributed by atoms with Gasteiger partial charge in [0.2, 0.25) is 0 Å². The van der Waals surface area contributed by atoms with E-state index in [0.717, 1.165) is 11.1 Å². The lowest BCUT2D eigenvalue weighted by molar-refractivity contribution is 0.102. The van der Waals surface area contributed by atoms with Gasteiger partial charge in [0.25, 0.3) is 5.91 Å². The van der Waals surface area contributed by atoms with Gasteiger partial charge in [0.05, 0.1) is 31.5 Å². The summed E-state index contributed by atoms with van der Waals surface area (Å²) in [5.41, 5.74) is 12.3. The van der Waals surface area contributed by atoms with Crippen molar-refractivity contribution in [3.63, 3.8) is 0 Å². The van der Waals surface area contributed by atoms with Gasteiger partial charge in [-0.3, -0.25) is 4.79 Å². The van der Waals surface area contributed by atoms with Gasteiger partial charge < -0.3 is 20.5 Å². The van der Waals surface area contributed by atoms with Crippen LogP contribution < -0.4 is 20.5 Å². The molecule has 186 valence electrons. The van der Waals surface area contributed by atoms with Crippen LogP contribution in [0.1, 0.15) is 27.0 Å². The van der Waals surface area contributed by atoms with Crippen molar-refractivity contribution in [2.45, 2.75) is 13.8 Å². The highest BCUT2D eigenvalue weighted by Gasteiger charge is 2.24. The van der Waals surface area contributed by atoms with Gasteiger partial charge in [0.1, 0.15) is 16.9 Å². The van der Waals surface area contributed by atoms with E-state index in [0.29, 0.717) is 44.9 Å². The van der Waals surface area contributed by atoms with Crippen molar-refractivity contribution in [2.24, 2.45) is 5.10 Å². The second-order valence-corrected chi connectivity index (χ2v) is 8.54. The molecule has 2 aromatic heterocycles. The van der Waals surface area contributed by atoms with Crippen LogP contribution in [-0.2, 0) is 0 Å². The second-order valence-electron chi connectivity index (χ2n) is 8.54. The van der Waals surface area contributed by atoms with Gasteiger partial charge in [-0.25, -0.2) is 9.97 Å². The zero-order valence-electron chi connectivity index (χ0n) is 20.9. The average Bonchev–Trinajstić information content (AvgIpc) is 3.17. The number of methoxy groups -OCH3 is 2. The van der Waals surface area contributed by atoms with Gasteiger partial charge in [-0.2, -0.15) is 9.78 Å². The minimum Gasteiger partial charge on any atom is -0.493 e. The molecule has 5 aromatic rings. The number of aryl methyl sites for hydroxylation is 2. The van der Waals surface area contributed by atoms with E-state index in [1.807, 2.05) is 68.4 Å². The lowest BCUT2D eigenvalue weighted by Gasteiger charge is -2.09. The number of nitrogen functional groups attached to an aromatic ring is 1. The van der Waals surface area contributed by atoms with Crippen LogP contribution in [0.25, 0.3) is 22.2 Å². The van der Waals surface area contributed by atoms with E-state index in [4.69, 9.17) is 25.2 Å². The molecule has 2 heterocycles. The Hall–Kier alpha value is -4.92. The highest BCUT2D eigenvalue weighted by Crippen LogP contribution is 2.31. The van der Waals surface area contributed by atoms with Crippen molar-refractivity contribution in [3.05, 3.63) is 82.9 Å². The molecule has 0 bridgehead atoms. The maximum absolute atomic E-state index is 13.5. The third-order valence-electron chi connectivity index (χ3n) is 6.21. The lowest BCUT2D eigenvalue weighted by Crippen LogP contribution is -2.14. The van der Waals surface area contributed by atoms with Crippen molar-refractivity contribution < 1.29 is 14.3 Å². The fourth-order valence-electron chi connectivity index (χ4n) is 4.13. The molecule has 0 aliphatic rings. The zero-order valence-corrected chi connectivity index (χ0v) is 20.9. The molecule has 37 heavy (non-hydrogen) atoms. The monoisotopic (exact) mass is 494 g/mol. The van der Waals surface area contributed by atoms with Crippen molar-refractivity contribution in [3.8, 4) is 11.5 Å². The molecule has 0 atom stereocenters. The fraction of sp³-hybridized carbons (Fsp3) is 0.143. The summed E-state index contributed by atoms with van der Waals surface area (Å²) in [6.07, 6.45) is 1.58. The Morgan fingerprint density at radius 2 is 1.73 bits per heavy atom. The molecule has 0 saturated heterocycles. The fourth-order valence-corrected chi connectivity index (χ4v) is 4.13. The normalized spacial score (nSPS) is 11.4. The SMILES string of the molecule is COc1cccc(/C=N/n2c(N)c(C(=O)Nc3ccc(C)c(C)c3)c3nc4ccccc4nc32)c1OC. The summed E-state index contributed by atoms with van der Waals surface area (Å²) in [6, 6.07) is 18.6. The molecule has 0 unspecified atom stereocenters. The number of carbonyl (C=O) groups excluding carboxylic acids is 1. The van der Waals surface area contributed by atoms with Crippen LogP contribution in [0.2, 0.25) is 0 Å². The summed E-state index contributed by atoms with van der Waals surface area (Å²) >= 11 is 0. The minimum absolute atomic E-state index is 0.116. The van der Waals surface area contributed by atoms with E-state index in [2.05, 4.69) is 10.4 Å². The summed E-state index contributed by atoms with van der Waals surface area (Å²) < 4.78 is 12.3. The number of fused-ring (bicyclic) bond motifs is 2. The number of anilines is 2. The Morgan fingerprint density at radius 1 is 0.973 bits per heavy atom. The summed E-state index contributed by atoms with van der Waals surface area (Å²) in [5.74, 6) is 0.803. The molecule has 0 radical (unpaired) electrons. The topological polar surface area (TPSA) is 117 Å². The van der Waals surface area contributed by atoms with Gasteiger partial charge in [-0.15, -0.1) is 0 Å². The van der Waals surface area contributed by atoms with Crippen molar-refractivity contribution in [1.82, 2.24) is 14.6 Å². The first-order valence-electron chi connectivity index (χ1n) is 11.6. The Labute approximate surface area is 213 Å². The molecule has 1 amide bonds. The van der Waals surface area contributed by atoms with E-state index in [9.17, 15) is 4.79 Å². The van der Waals surface area contributed by atoms with E-state index in [-0.39, 0.29) is 11.4 Å². The number of aromatic nitrogens is 3. The molecule has 9 nitrogen and oxygen atoms in total. The molecule has 0 aliphatic carbocycles. The van der Waals surface area contributed by atoms with Crippen LogP contribution in [0, 0.1) is 13.8 Å². The van der Waals surface area contributed by atoms with E-state index < -0.39 is 5.91 Å². The molecule has 0 saturated carbocycles. The van der Waals surface area contributed by atoms with Crippen molar-refractivity contribution >= 4 is 45.8 Å². The van der Waals surface area contributed by atoms with Gasteiger partial charge in [0, 0.05) is 11.3 Å². The Kier molecular flexibility index (Phi) is 6.19. The first-order chi connectivity index (χ1) is 17.9. The second kappa shape index (κ2) is 9.62. The summed E-state index contributed by atoms with van der Waals surface area (Å²) in [7, 11) is 3.12. The first kappa shape index (κ1) is 23.8. The van der Waals surface area contributed by atoms with Gasteiger partial charge in [0.15, 0.2) is 17.1 Å². The summed E-state index contributed by atoms with van der Waals surface area (Å²) in [5, 5.41) is 7.52. The summed E-state index contributed by atoms with van der Waals surface area (Å²) in [4.78, 5) is 23.0. The predicted octanol–water partition coefficient (Wildman–Crippen LogP) is 4.94. The van der Waals surface area contributed by atoms with Crippen LogP contribution in [0.4, 0.5) is 11.5 Å². The molecule has 5 rings (SSSR count). The van der Waals surface area contributed by atoms with Crippen LogP contribution in [0.15, 0.2) is 65.8 Å². The smallest absolute Gasteiger partial charge is 0.261 e. The molecule has 0 fully saturated rings. The maximum Gasteiger partial charge on any atom is 0.261 e. The average molecular weight is 495 g/mol. The van der Waals surface area contributed by atoms with E-state index in [1.165, 1.54) is 4.68 Å². The molecule has 0 aliphatic heterocycles. The van der Waals surface area contributed by atoms with Crippen molar-refractivity contribution in [1.29, 1.82) is 0 Å². The number of nitrogens with zero attached hydrogens (tertiary/aromatic N) is 4. The first-order valence-corrected chi connectivity index (χ1v) is 11.6. The van der Waals surface area contributed by atoms with Gasteiger partial charge >= 0.3 is 0 Å². The Balaban J connectivity index is 1.66. The van der Waals surface area contributed by atoms with E-state index >= 15 is 0 Å². The predicted molar refractivity (Wildman–Crippen MR) is 146 cm³/mol. The van der Waals surface area contributed by atoms with Crippen LogP contribution in [0.3, 0.4) is 0 Å². The van der Waals surface area contributed by atoms with Crippen LogP contribution in [-0.4, -0.2) is 41.0 Å². The molecular weight excluding hydrogens is 468 g/mol. The standard InChI is InChI=1S/C28H26N6O3/c1-16-12-13-19(14-17(16)2)31-28(35)23-24-27(33-21-10-6-5-9-20(21)32-24)34(26(23)29)30-15-18-8-7-11-22(36-3)25(18)37-4/h5-15H,29H2,1-4H3,(H,31,35)/b30-15+. The summed E-state index contributed by atoms with van der Waals surface area (Å²) in [6.45, 7) is 4.01. The molecular formula is C28H26N6O3. The van der Waals surface area contributed by atoms with Crippen molar-refractivity contribution in [2.75, 3.05) is 25.3 Å². The quantitative estimate of drug-likeness (QED) is 0.323. The zero-order chi connectivity index (χ0) is 26.1. The number of amides is 1. The number of hydrogen-bond acceptors (Lipinski definition) is 7. The molecule has 3 aromatic carbocycles. The number of benzene rings is 3. The number of nitrogens with two attached hydrogens (primary N) is 1. The van der Waals surface area contributed by atoms with Gasteiger partial charge in [-0.05, 0) is 61.4 Å². The third-order valence-corrected chi connectivity index (χ3v) is 6.21. The Morgan fingerprint density at radius 3 is 2.43 bits per heavy atom. The number of rotatable bonds is 6. The Bertz CT molecular complexity index is 1690. The number of carbonyl (C=O) groups is 1. The van der Waals surface area contributed by atoms with Crippen LogP contribution in [0.5, 0.6) is 11.5 Å². The maximum atomic E-state index is 13.5. The number of hydrogen-bond donors (Lipinski definition) is 2. The minimum atomic E-state index is -0.400. The van der Waals surface area contributed by atoms with Crippen LogP contribution >= 0.6 is 0 Å². The number of nitrogens with one attached hydrogen (secondary N) is 1. The lowest BCUT2D eigenvalue weighted by atomic mass is 10.1. The molecule has 0 spiro atoms. The highest BCUT2D eigenvalue weighted by molar-refractivity contribution is 6.16. The number of para-hydroxylation sites is 3. The molecule has 9 heteroatoms. The molecule has 3 N–H and O–H groups in total. The number of ether oxygens (including phenoxy) is 2. The largest absolute Gasteiger partial charge is 0.493 e.